The zero-order valence-corrected chi connectivity index (χ0v) is 16.1. The van der Waals surface area contributed by atoms with E-state index in [4.69, 9.17) is 0 Å². The first-order chi connectivity index (χ1) is 12.4. The highest BCUT2D eigenvalue weighted by atomic mass is 32.2. The summed E-state index contributed by atoms with van der Waals surface area (Å²) < 4.78 is 27.0. The van der Waals surface area contributed by atoms with Crippen LogP contribution in [0.4, 0.5) is 5.69 Å². The van der Waals surface area contributed by atoms with Gasteiger partial charge in [0.2, 0.25) is 15.9 Å². The van der Waals surface area contributed by atoms with Gasteiger partial charge in [0.1, 0.15) is 0 Å². The first-order valence-corrected chi connectivity index (χ1v) is 10.4. The highest BCUT2D eigenvalue weighted by molar-refractivity contribution is 7.89. The maximum atomic E-state index is 12.3. The van der Waals surface area contributed by atoms with Crippen molar-refractivity contribution in [2.75, 3.05) is 5.32 Å². The smallest absolute Gasteiger partial charge is 0.242 e. The number of rotatable bonds is 9. The Morgan fingerprint density at radius 1 is 1.00 bits per heavy atom. The Labute approximate surface area is 155 Å². The summed E-state index contributed by atoms with van der Waals surface area (Å²) in [5.41, 5.74) is 1.88. The van der Waals surface area contributed by atoms with Crippen LogP contribution in [-0.2, 0) is 21.2 Å². The van der Waals surface area contributed by atoms with Gasteiger partial charge in [0.15, 0.2) is 0 Å². The second-order valence-corrected chi connectivity index (χ2v) is 8.01. The van der Waals surface area contributed by atoms with Crippen molar-refractivity contribution in [2.45, 2.75) is 50.5 Å². The molecule has 26 heavy (non-hydrogen) atoms. The Kier molecular flexibility index (Phi) is 7.36. The molecule has 1 unspecified atom stereocenters. The first-order valence-electron chi connectivity index (χ1n) is 8.89. The molecule has 2 aromatic rings. The third kappa shape index (κ3) is 5.97. The van der Waals surface area contributed by atoms with Crippen LogP contribution in [-0.4, -0.2) is 20.4 Å². The maximum absolute atomic E-state index is 12.3. The molecule has 0 saturated heterocycles. The van der Waals surface area contributed by atoms with E-state index >= 15 is 0 Å². The third-order valence-electron chi connectivity index (χ3n) is 4.07. The van der Waals surface area contributed by atoms with E-state index in [0.29, 0.717) is 5.69 Å². The predicted octanol–water partition coefficient (Wildman–Crippen LogP) is 3.72. The van der Waals surface area contributed by atoms with Gasteiger partial charge >= 0.3 is 0 Å². The molecule has 0 fully saturated rings. The monoisotopic (exact) mass is 374 g/mol. The minimum atomic E-state index is -3.73. The molecule has 0 bridgehead atoms. The van der Waals surface area contributed by atoms with E-state index in [1.165, 1.54) is 37.5 Å². The van der Waals surface area contributed by atoms with Crippen LogP contribution in [0.1, 0.15) is 38.7 Å². The van der Waals surface area contributed by atoms with Crippen molar-refractivity contribution in [1.82, 2.24) is 4.72 Å². The van der Waals surface area contributed by atoms with Crippen molar-refractivity contribution in [3.63, 3.8) is 0 Å². The summed E-state index contributed by atoms with van der Waals surface area (Å²) in [6.45, 7) is 3.70. The second kappa shape index (κ2) is 9.50. The summed E-state index contributed by atoms with van der Waals surface area (Å²) in [6, 6.07) is 14.8. The normalized spacial score (nSPS) is 12.5. The van der Waals surface area contributed by atoms with Crippen molar-refractivity contribution in [2.24, 2.45) is 0 Å². The number of carbonyl (C=O) groups excluding carboxylic acids is 1. The highest BCUT2D eigenvalue weighted by Gasteiger charge is 2.21. The highest BCUT2D eigenvalue weighted by Crippen LogP contribution is 2.13. The molecular weight excluding hydrogens is 348 g/mol. The molecule has 0 aliphatic heterocycles. The molecule has 1 atom stereocenters. The summed E-state index contributed by atoms with van der Waals surface area (Å²) in [6.07, 6.45) is 4.57. The average Bonchev–Trinajstić information content (AvgIpc) is 2.63. The van der Waals surface area contributed by atoms with Gasteiger partial charge in [-0.15, -0.1) is 0 Å². The number of unbranched alkanes of at least 4 members (excludes halogenated alkanes) is 2. The third-order valence-corrected chi connectivity index (χ3v) is 5.63. The van der Waals surface area contributed by atoms with Crippen LogP contribution in [0.2, 0.25) is 0 Å². The Morgan fingerprint density at radius 2 is 1.65 bits per heavy atom. The molecule has 2 rings (SSSR count). The van der Waals surface area contributed by atoms with Gasteiger partial charge in [-0.2, -0.15) is 4.72 Å². The Morgan fingerprint density at radius 3 is 2.27 bits per heavy atom. The fraction of sp³-hybridized carbons (Fsp3) is 0.350. The van der Waals surface area contributed by atoms with Crippen molar-refractivity contribution in [3.05, 3.63) is 60.2 Å². The molecule has 0 aromatic heterocycles. The van der Waals surface area contributed by atoms with Gasteiger partial charge in [0, 0.05) is 5.69 Å². The van der Waals surface area contributed by atoms with Gasteiger partial charge in [-0.1, -0.05) is 50.1 Å². The number of sulfonamides is 1. The van der Waals surface area contributed by atoms with Crippen LogP contribution in [0.3, 0.4) is 0 Å². The standard InChI is InChI=1S/C20H26N2O3S/c1-3-4-6-9-17-12-14-18(15-13-17)21-20(23)16(2)22-26(24,25)19-10-7-5-8-11-19/h5,7-8,10-16,22H,3-4,6,9H2,1-2H3,(H,21,23). The van der Waals surface area contributed by atoms with E-state index in [1.807, 2.05) is 24.3 Å². The van der Waals surface area contributed by atoms with Crippen LogP contribution in [0.15, 0.2) is 59.5 Å². The molecule has 0 saturated carbocycles. The van der Waals surface area contributed by atoms with E-state index in [1.54, 1.807) is 18.2 Å². The number of nitrogens with one attached hydrogen (secondary N) is 2. The Bertz CT molecular complexity index is 803. The molecule has 0 spiro atoms. The van der Waals surface area contributed by atoms with Crippen molar-refractivity contribution < 1.29 is 13.2 Å². The zero-order valence-electron chi connectivity index (χ0n) is 15.2. The SMILES string of the molecule is CCCCCc1ccc(NC(=O)C(C)NS(=O)(=O)c2ccccc2)cc1. The van der Waals surface area contributed by atoms with Crippen molar-refractivity contribution >= 4 is 21.6 Å². The van der Waals surface area contributed by atoms with Crippen LogP contribution in [0.5, 0.6) is 0 Å². The lowest BCUT2D eigenvalue weighted by atomic mass is 10.1. The largest absolute Gasteiger partial charge is 0.325 e. The summed E-state index contributed by atoms with van der Waals surface area (Å²) in [7, 11) is -3.73. The van der Waals surface area contributed by atoms with Gasteiger partial charge in [-0.25, -0.2) is 8.42 Å². The molecule has 0 aliphatic rings. The van der Waals surface area contributed by atoms with Crippen LogP contribution in [0.25, 0.3) is 0 Å². The number of hydrogen-bond acceptors (Lipinski definition) is 3. The number of carbonyl (C=O) groups is 1. The molecule has 0 aliphatic carbocycles. The van der Waals surface area contributed by atoms with Crippen molar-refractivity contribution in [1.29, 1.82) is 0 Å². The van der Waals surface area contributed by atoms with Gasteiger partial charge in [-0.3, -0.25) is 4.79 Å². The number of hydrogen-bond donors (Lipinski definition) is 2. The fourth-order valence-electron chi connectivity index (χ4n) is 2.54. The summed E-state index contributed by atoms with van der Waals surface area (Å²) in [4.78, 5) is 12.4. The molecule has 2 N–H and O–H groups in total. The lowest BCUT2D eigenvalue weighted by Gasteiger charge is -2.14. The Hall–Kier alpha value is -2.18. The molecular formula is C20H26N2O3S. The first kappa shape index (κ1) is 20.1. The predicted molar refractivity (Wildman–Crippen MR) is 105 cm³/mol. The lowest BCUT2D eigenvalue weighted by Crippen LogP contribution is -2.41. The van der Waals surface area contributed by atoms with E-state index < -0.39 is 22.0 Å². The summed E-state index contributed by atoms with van der Waals surface area (Å²) in [5.74, 6) is -0.400. The van der Waals surface area contributed by atoms with Gasteiger partial charge in [-0.05, 0) is 49.6 Å². The van der Waals surface area contributed by atoms with Gasteiger partial charge < -0.3 is 5.32 Å². The minimum Gasteiger partial charge on any atom is -0.325 e. The van der Waals surface area contributed by atoms with E-state index in [0.717, 1.165) is 12.8 Å². The Balaban J connectivity index is 1.92. The average molecular weight is 375 g/mol. The van der Waals surface area contributed by atoms with Gasteiger partial charge in [0.25, 0.3) is 0 Å². The molecule has 6 heteroatoms. The molecule has 2 aromatic carbocycles. The number of amides is 1. The summed E-state index contributed by atoms with van der Waals surface area (Å²) >= 11 is 0. The van der Waals surface area contributed by atoms with E-state index in [9.17, 15) is 13.2 Å². The van der Waals surface area contributed by atoms with E-state index in [-0.39, 0.29) is 4.90 Å². The van der Waals surface area contributed by atoms with Gasteiger partial charge in [0.05, 0.1) is 10.9 Å². The fourth-order valence-corrected chi connectivity index (χ4v) is 3.76. The van der Waals surface area contributed by atoms with Crippen LogP contribution < -0.4 is 10.0 Å². The number of anilines is 1. The van der Waals surface area contributed by atoms with E-state index in [2.05, 4.69) is 17.0 Å². The maximum Gasteiger partial charge on any atom is 0.242 e. The van der Waals surface area contributed by atoms with Crippen LogP contribution >= 0.6 is 0 Å². The van der Waals surface area contributed by atoms with Crippen LogP contribution in [0, 0.1) is 0 Å². The molecule has 0 heterocycles. The molecule has 5 nitrogen and oxygen atoms in total. The second-order valence-electron chi connectivity index (χ2n) is 6.30. The number of aryl methyl sites for hydroxylation is 1. The van der Waals surface area contributed by atoms with Crippen molar-refractivity contribution in [3.8, 4) is 0 Å². The summed E-state index contributed by atoms with van der Waals surface area (Å²) in [5, 5.41) is 2.74. The number of benzene rings is 2. The topological polar surface area (TPSA) is 75.3 Å². The zero-order chi connectivity index (χ0) is 19.0. The molecule has 140 valence electrons. The quantitative estimate of drug-likeness (QED) is 0.657. The molecule has 1 amide bonds. The molecule has 0 radical (unpaired) electrons. The lowest BCUT2D eigenvalue weighted by molar-refractivity contribution is -0.117. The minimum absolute atomic E-state index is 0.135.